The van der Waals surface area contributed by atoms with Crippen molar-refractivity contribution in [1.29, 1.82) is 0 Å². The van der Waals surface area contributed by atoms with Crippen molar-refractivity contribution in [3.63, 3.8) is 0 Å². The van der Waals surface area contributed by atoms with Gasteiger partial charge in [-0.15, -0.1) is 0 Å². The Bertz CT molecular complexity index is 795. The molecule has 3 rings (SSSR count). The average Bonchev–Trinajstić information content (AvgIpc) is 3.03. The minimum atomic E-state index is -0.627. The Hall–Kier alpha value is -2.59. The molecule has 3 aromatic rings. The molecule has 1 amide bonds. The molecule has 0 aliphatic carbocycles. The molecule has 0 saturated heterocycles. The van der Waals surface area contributed by atoms with E-state index < -0.39 is 6.10 Å². The molecule has 2 aromatic carbocycles. The van der Waals surface area contributed by atoms with Gasteiger partial charge >= 0.3 is 0 Å². The summed E-state index contributed by atoms with van der Waals surface area (Å²) in [6.45, 7) is 1.82. The van der Waals surface area contributed by atoms with Crippen LogP contribution in [0.4, 0.5) is 0 Å². The molecule has 4 nitrogen and oxygen atoms in total. The van der Waals surface area contributed by atoms with Crippen LogP contribution in [-0.4, -0.2) is 28.1 Å². The van der Waals surface area contributed by atoms with Crippen LogP contribution in [0.5, 0.6) is 0 Å². The van der Waals surface area contributed by atoms with Crippen molar-refractivity contribution in [2.45, 2.75) is 25.5 Å². The summed E-state index contributed by atoms with van der Waals surface area (Å²) in [4.78, 5) is 15.4. The summed E-state index contributed by atoms with van der Waals surface area (Å²) in [5.74, 6) is -0.173. The van der Waals surface area contributed by atoms with E-state index in [9.17, 15) is 9.90 Å². The number of hydrogen-bond acceptors (Lipinski definition) is 2. The van der Waals surface area contributed by atoms with Gasteiger partial charge in [0.15, 0.2) is 0 Å². The first-order valence-corrected chi connectivity index (χ1v) is 7.73. The molecule has 3 N–H and O–H groups in total. The van der Waals surface area contributed by atoms with Gasteiger partial charge in [0.1, 0.15) is 0 Å². The third kappa shape index (κ3) is 3.60. The van der Waals surface area contributed by atoms with Crippen LogP contribution in [-0.2, 0) is 6.42 Å². The fraction of sp³-hybridized carbons (Fsp3) is 0.211. The highest BCUT2D eigenvalue weighted by molar-refractivity contribution is 5.98. The zero-order valence-electron chi connectivity index (χ0n) is 13.0. The Labute approximate surface area is 135 Å². The normalized spacial score (nSPS) is 13.7. The smallest absolute Gasteiger partial charge is 0.251 e. The number of H-pyrrole nitrogens is 1. The predicted molar refractivity (Wildman–Crippen MR) is 91.4 cm³/mol. The van der Waals surface area contributed by atoms with Crippen molar-refractivity contribution in [3.05, 3.63) is 71.9 Å². The first kappa shape index (κ1) is 15.3. The molecule has 2 atom stereocenters. The van der Waals surface area contributed by atoms with Gasteiger partial charge in [-0.25, -0.2) is 0 Å². The van der Waals surface area contributed by atoms with Gasteiger partial charge in [-0.05, 0) is 36.8 Å². The molecule has 1 heterocycles. The van der Waals surface area contributed by atoms with E-state index >= 15 is 0 Å². The van der Waals surface area contributed by atoms with E-state index in [0.29, 0.717) is 12.0 Å². The molecule has 1 aromatic heterocycles. The van der Waals surface area contributed by atoms with Crippen LogP contribution in [0.1, 0.15) is 22.8 Å². The maximum absolute atomic E-state index is 12.3. The van der Waals surface area contributed by atoms with E-state index in [1.165, 1.54) is 0 Å². The number of nitrogens with one attached hydrogen (secondary N) is 2. The molecule has 118 valence electrons. The number of aromatic nitrogens is 1. The van der Waals surface area contributed by atoms with E-state index in [2.05, 4.69) is 10.3 Å². The van der Waals surface area contributed by atoms with Gasteiger partial charge in [-0.3, -0.25) is 4.79 Å². The fourth-order valence-corrected chi connectivity index (χ4v) is 2.61. The van der Waals surface area contributed by atoms with E-state index in [1.54, 1.807) is 6.07 Å². The number of aromatic amines is 1. The molecule has 2 unspecified atom stereocenters. The molecule has 0 radical (unpaired) electrons. The third-order valence-corrected chi connectivity index (χ3v) is 4.04. The Morgan fingerprint density at radius 3 is 2.74 bits per heavy atom. The molecule has 0 bridgehead atoms. The minimum Gasteiger partial charge on any atom is -0.391 e. The number of carbonyl (C=O) groups excluding carboxylic acids is 1. The summed E-state index contributed by atoms with van der Waals surface area (Å²) in [6, 6.07) is 16.9. The number of amides is 1. The molecule has 0 fully saturated rings. The maximum atomic E-state index is 12.3. The highest BCUT2D eigenvalue weighted by Gasteiger charge is 2.18. The molecule has 0 saturated carbocycles. The van der Waals surface area contributed by atoms with Crippen LogP contribution in [0.3, 0.4) is 0 Å². The van der Waals surface area contributed by atoms with Gasteiger partial charge in [0, 0.05) is 29.1 Å². The summed E-state index contributed by atoms with van der Waals surface area (Å²) in [5, 5.41) is 14.2. The van der Waals surface area contributed by atoms with Gasteiger partial charge in [0.25, 0.3) is 5.91 Å². The standard InChI is InChI=1S/C19H20N2O2/c1-13(18(22)11-14-5-3-2-4-6-14)21-19(23)16-7-8-17-15(12-16)9-10-20-17/h2-10,12-13,18,20,22H,11H2,1H3,(H,21,23). The third-order valence-electron chi connectivity index (χ3n) is 4.04. The topological polar surface area (TPSA) is 65.1 Å². The molecule has 4 heteroatoms. The molecular formula is C19H20N2O2. The van der Waals surface area contributed by atoms with Crippen molar-refractivity contribution in [3.8, 4) is 0 Å². The highest BCUT2D eigenvalue weighted by atomic mass is 16.3. The summed E-state index contributed by atoms with van der Waals surface area (Å²) < 4.78 is 0. The zero-order valence-corrected chi connectivity index (χ0v) is 13.0. The zero-order chi connectivity index (χ0) is 16.2. The molecule has 0 aliphatic heterocycles. The highest BCUT2D eigenvalue weighted by Crippen LogP contribution is 2.14. The quantitative estimate of drug-likeness (QED) is 0.678. The Balaban J connectivity index is 1.64. The van der Waals surface area contributed by atoms with Crippen LogP contribution >= 0.6 is 0 Å². The van der Waals surface area contributed by atoms with Crippen LogP contribution in [0.15, 0.2) is 60.8 Å². The van der Waals surface area contributed by atoms with Crippen LogP contribution in [0, 0.1) is 0 Å². The van der Waals surface area contributed by atoms with Crippen LogP contribution in [0.2, 0.25) is 0 Å². The summed E-state index contributed by atoms with van der Waals surface area (Å²) >= 11 is 0. The molecule has 0 aliphatic rings. The first-order chi connectivity index (χ1) is 11.1. The van der Waals surface area contributed by atoms with Crippen molar-refractivity contribution in [1.82, 2.24) is 10.3 Å². The van der Waals surface area contributed by atoms with Gasteiger partial charge in [-0.1, -0.05) is 30.3 Å². The van der Waals surface area contributed by atoms with Gasteiger partial charge < -0.3 is 15.4 Å². The van der Waals surface area contributed by atoms with Gasteiger partial charge in [0.05, 0.1) is 12.1 Å². The molecular weight excluding hydrogens is 288 g/mol. The van der Waals surface area contributed by atoms with Crippen LogP contribution < -0.4 is 5.32 Å². The van der Waals surface area contributed by atoms with Crippen molar-refractivity contribution in [2.75, 3.05) is 0 Å². The number of aliphatic hydroxyl groups is 1. The second-order valence-corrected chi connectivity index (χ2v) is 5.80. The summed E-state index contributed by atoms with van der Waals surface area (Å²) in [6.07, 6.45) is 1.73. The molecule has 23 heavy (non-hydrogen) atoms. The predicted octanol–water partition coefficient (Wildman–Crippen LogP) is 2.89. The monoisotopic (exact) mass is 308 g/mol. The number of carbonyl (C=O) groups is 1. The summed E-state index contributed by atoms with van der Waals surface area (Å²) in [5.41, 5.74) is 2.64. The summed E-state index contributed by atoms with van der Waals surface area (Å²) in [7, 11) is 0. The number of rotatable bonds is 5. The molecule has 0 spiro atoms. The Morgan fingerprint density at radius 1 is 1.17 bits per heavy atom. The number of hydrogen-bond donors (Lipinski definition) is 3. The fourth-order valence-electron chi connectivity index (χ4n) is 2.61. The van der Waals surface area contributed by atoms with Crippen LogP contribution in [0.25, 0.3) is 10.9 Å². The number of fused-ring (bicyclic) bond motifs is 1. The number of aliphatic hydroxyl groups excluding tert-OH is 1. The largest absolute Gasteiger partial charge is 0.391 e. The van der Waals surface area contributed by atoms with Crippen molar-refractivity contribution >= 4 is 16.8 Å². The first-order valence-electron chi connectivity index (χ1n) is 7.73. The second-order valence-electron chi connectivity index (χ2n) is 5.80. The van der Waals surface area contributed by atoms with Crippen molar-refractivity contribution in [2.24, 2.45) is 0 Å². The second kappa shape index (κ2) is 6.67. The SMILES string of the molecule is CC(NC(=O)c1ccc2[nH]ccc2c1)C(O)Cc1ccccc1. The van der Waals surface area contributed by atoms with E-state index in [4.69, 9.17) is 0 Å². The van der Waals surface area contributed by atoms with Gasteiger partial charge in [0.2, 0.25) is 0 Å². The lowest BCUT2D eigenvalue weighted by atomic mass is 10.0. The average molecular weight is 308 g/mol. The van der Waals surface area contributed by atoms with E-state index in [0.717, 1.165) is 16.5 Å². The Kier molecular flexibility index (Phi) is 4.44. The minimum absolute atomic E-state index is 0.173. The lowest BCUT2D eigenvalue weighted by Gasteiger charge is -2.20. The van der Waals surface area contributed by atoms with E-state index in [-0.39, 0.29) is 11.9 Å². The van der Waals surface area contributed by atoms with Crippen molar-refractivity contribution < 1.29 is 9.90 Å². The van der Waals surface area contributed by atoms with E-state index in [1.807, 2.05) is 61.7 Å². The maximum Gasteiger partial charge on any atom is 0.251 e. The lowest BCUT2D eigenvalue weighted by molar-refractivity contribution is 0.0852. The number of benzene rings is 2. The Morgan fingerprint density at radius 2 is 1.96 bits per heavy atom. The lowest BCUT2D eigenvalue weighted by Crippen LogP contribution is -2.42. The van der Waals surface area contributed by atoms with Gasteiger partial charge in [-0.2, -0.15) is 0 Å².